The number of amides is 1. The lowest BCUT2D eigenvalue weighted by atomic mass is 9.93. The van der Waals surface area contributed by atoms with Gasteiger partial charge in [0, 0.05) is 12.3 Å². The Labute approximate surface area is 216 Å². The third kappa shape index (κ3) is 5.20. The van der Waals surface area contributed by atoms with Crippen LogP contribution in [-0.2, 0) is 11.2 Å². The molecule has 188 valence electrons. The second kappa shape index (κ2) is 10.1. The van der Waals surface area contributed by atoms with Gasteiger partial charge in [-0.15, -0.1) is 0 Å². The number of fused-ring (bicyclic) bond motifs is 1. The lowest BCUT2D eigenvalue weighted by Gasteiger charge is -2.22. The smallest absolute Gasteiger partial charge is 0.225 e. The first-order chi connectivity index (χ1) is 17.8. The quantitative estimate of drug-likeness (QED) is 0.282. The zero-order chi connectivity index (χ0) is 26.1. The topological polar surface area (TPSA) is 88.5 Å². The number of benzene rings is 3. The molecule has 2 atom stereocenters. The number of hydrogen-bond acceptors (Lipinski definition) is 5. The molecule has 6 heteroatoms. The number of aromatic nitrogens is 1. The van der Waals surface area contributed by atoms with Crippen LogP contribution in [0.25, 0.3) is 11.0 Å². The molecule has 0 saturated carbocycles. The van der Waals surface area contributed by atoms with E-state index in [0.29, 0.717) is 28.7 Å². The van der Waals surface area contributed by atoms with Crippen molar-refractivity contribution in [1.82, 2.24) is 10.3 Å². The molecular weight excluding hydrogens is 464 g/mol. The van der Waals surface area contributed by atoms with Crippen LogP contribution in [0.5, 0.6) is 0 Å². The maximum absolute atomic E-state index is 13.2. The number of carbonyl (C=O) groups excluding carboxylic acids is 1. The van der Waals surface area contributed by atoms with Gasteiger partial charge in [0.2, 0.25) is 5.91 Å². The molecule has 2 heterocycles. The van der Waals surface area contributed by atoms with E-state index in [0.717, 1.165) is 27.6 Å². The van der Waals surface area contributed by atoms with Gasteiger partial charge in [0.25, 0.3) is 0 Å². The number of nitrogens with zero attached hydrogens (tertiary/aromatic N) is 1. The Morgan fingerprint density at radius 1 is 0.946 bits per heavy atom. The molecule has 1 amide bonds. The molecule has 0 fully saturated rings. The largest absolute Gasteiger partial charge is 0.458 e. The molecule has 0 bridgehead atoms. The molecule has 0 saturated heterocycles. The summed E-state index contributed by atoms with van der Waals surface area (Å²) in [5.41, 5.74) is 6.54. The molecule has 5 aromatic rings. The molecule has 2 unspecified atom stereocenters. The Morgan fingerprint density at radius 3 is 2.43 bits per heavy atom. The second-order valence-electron chi connectivity index (χ2n) is 9.55. The zero-order valence-corrected chi connectivity index (χ0v) is 21.4. The molecule has 3 aromatic carbocycles. The highest BCUT2D eigenvalue weighted by Crippen LogP contribution is 2.31. The summed E-state index contributed by atoms with van der Waals surface area (Å²) in [6.07, 6.45) is -0.835. The molecule has 0 radical (unpaired) electrons. The summed E-state index contributed by atoms with van der Waals surface area (Å²) < 4.78 is 11.4. The van der Waals surface area contributed by atoms with Gasteiger partial charge in [0.1, 0.15) is 11.3 Å². The number of aryl methyl sites for hydroxylation is 4. The van der Waals surface area contributed by atoms with E-state index in [9.17, 15) is 9.90 Å². The highest BCUT2D eigenvalue weighted by molar-refractivity contribution is 5.83. The lowest BCUT2D eigenvalue weighted by Crippen LogP contribution is -2.31. The van der Waals surface area contributed by atoms with Crippen molar-refractivity contribution in [2.24, 2.45) is 0 Å². The minimum Gasteiger partial charge on any atom is -0.458 e. The van der Waals surface area contributed by atoms with Crippen molar-refractivity contribution < 1.29 is 18.7 Å². The molecule has 6 nitrogen and oxygen atoms in total. The Kier molecular flexibility index (Phi) is 6.68. The van der Waals surface area contributed by atoms with Gasteiger partial charge in [-0.25, -0.2) is 4.98 Å². The van der Waals surface area contributed by atoms with Crippen molar-refractivity contribution in [3.05, 3.63) is 124 Å². The highest BCUT2D eigenvalue weighted by atomic mass is 16.4. The summed E-state index contributed by atoms with van der Waals surface area (Å²) in [4.78, 5) is 17.5. The van der Waals surface area contributed by atoms with E-state index in [1.165, 1.54) is 5.56 Å². The minimum atomic E-state index is -1.05. The molecule has 5 rings (SSSR count). The van der Waals surface area contributed by atoms with Crippen LogP contribution in [0, 0.1) is 27.7 Å². The zero-order valence-electron chi connectivity index (χ0n) is 21.4. The summed E-state index contributed by atoms with van der Waals surface area (Å²) in [6.45, 7) is 7.67. The van der Waals surface area contributed by atoms with E-state index >= 15 is 0 Å². The van der Waals surface area contributed by atoms with Crippen molar-refractivity contribution in [3.8, 4) is 0 Å². The first-order valence-electron chi connectivity index (χ1n) is 12.3. The number of carbonyl (C=O) groups is 1. The van der Waals surface area contributed by atoms with Gasteiger partial charge in [0.05, 0.1) is 18.2 Å². The predicted octanol–water partition coefficient (Wildman–Crippen LogP) is 6.18. The Balaban J connectivity index is 1.37. The van der Waals surface area contributed by atoms with Crippen LogP contribution >= 0.6 is 0 Å². The van der Waals surface area contributed by atoms with Gasteiger partial charge in [-0.05, 0) is 61.2 Å². The number of furan rings is 1. The van der Waals surface area contributed by atoms with Crippen LogP contribution in [0.2, 0.25) is 0 Å². The standard InChI is InChI=1S/C31H30N2O4/c1-18-10-12-25(19(2)14-18)29(23-8-6-5-7-9-23)33-28(34)16-22-11-13-26-24(15-22)17-27(37-26)30(35)31-20(3)32-21(4)36-31/h5-15,17,29-30,35H,16H2,1-4H3,(H,33,34). The molecule has 2 aromatic heterocycles. The van der Waals surface area contributed by atoms with Crippen LogP contribution in [-0.4, -0.2) is 16.0 Å². The second-order valence-corrected chi connectivity index (χ2v) is 9.55. The van der Waals surface area contributed by atoms with E-state index in [2.05, 4.69) is 42.3 Å². The maximum Gasteiger partial charge on any atom is 0.225 e. The minimum absolute atomic E-state index is 0.0790. The van der Waals surface area contributed by atoms with E-state index < -0.39 is 6.10 Å². The SMILES string of the molecule is Cc1ccc(C(NC(=O)Cc2ccc3oc(C(O)c4oc(C)nc4C)cc3c2)c2ccccc2)c(C)c1. The van der Waals surface area contributed by atoms with E-state index in [1.54, 1.807) is 19.9 Å². The number of oxazole rings is 1. The average Bonchev–Trinajstić information content (AvgIpc) is 3.45. The van der Waals surface area contributed by atoms with Crippen LogP contribution in [0.15, 0.2) is 81.6 Å². The summed E-state index contributed by atoms with van der Waals surface area (Å²) in [7, 11) is 0. The van der Waals surface area contributed by atoms with Gasteiger partial charge in [-0.2, -0.15) is 0 Å². The van der Waals surface area contributed by atoms with Crippen molar-refractivity contribution in [2.45, 2.75) is 46.3 Å². The van der Waals surface area contributed by atoms with Crippen molar-refractivity contribution in [2.75, 3.05) is 0 Å². The fourth-order valence-electron chi connectivity index (χ4n) is 4.82. The van der Waals surface area contributed by atoms with Crippen LogP contribution in [0.3, 0.4) is 0 Å². The van der Waals surface area contributed by atoms with Crippen molar-refractivity contribution in [1.29, 1.82) is 0 Å². The highest BCUT2D eigenvalue weighted by Gasteiger charge is 2.23. The molecular formula is C31H30N2O4. The van der Waals surface area contributed by atoms with Crippen LogP contribution in [0.4, 0.5) is 0 Å². The van der Waals surface area contributed by atoms with Crippen molar-refractivity contribution >= 4 is 16.9 Å². The normalized spacial score (nSPS) is 13.0. The van der Waals surface area contributed by atoms with Crippen LogP contribution < -0.4 is 5.32 Å². The Morgan fingerprint density at radius 2 is 1.73 bits per heavy atom. The summed E-state index contributed by atoms with van der Waals surface area (Å²) >= 11 is 0. The number of aliphatic hydroxyl groups excluding tert-OH is 1. The predicted molar refractivity (Wildman–Crippen MR) is 142 cm³/mol. The molecule has 37 heavy (non-hydrogen) atoms. The fraction of sp³-hybridized carbons (Fsp3) is 0.226. The number of nitrogens with one attached hydrogen (secondary N) is 1. The molecule has 0 aliphatic carbocycles. The molecule has 0 spiro atoms. The monoisotopic (exact) mass is 494 g/mol. The van der Waals surface area contributed by atoms with Crippen molar-refractivity contribution in [3.63, 3.8) is 0 Å². The van der Waals surface area contributed by atoms with E-state index in [4.69, 9.17) is 8.83 Å². The average molecular weight is 495 g/mol. The molecule has 0 aliphatic rings. The first kappa shape index (κ1) is 24.5. The van der Waals surface area contributed by atoms with Gasteiger partial charge >= 0.3 is 0 Å². The Hall–Kier alpha value is -4.16. The number of rotatable bonds is 7. The number of hydrogen-bond donors (Lipinski definition) is 2. The third-order valence-corrected chi connectivity index (χ3v) is 6.60. The van der Waals surface area contributed by atoms with E-state index in [-0.39, 0.29) is 18.4 Å². The van der Waals surface area contributed by atoms with E-state index in [1.807, 2.05) is 48.5 Å². The third-order valence-electron chi connectivity index (χ3n) is 6.60. The summed E-state index contributed by atoms with van der Waals surface area (Å²) in [6, 6.07) is 23.5. The van der Waals surface area contributed by atoms with Gasteiger partial charge in [-0.1, -0.05) is 60.2 Å². The number of aliphatic hydroxyl groups is 1. The first-order valence-corrected chi connectivity index (χ1v) is 12.3. The molecule has 0 aliphatic heterocycles. The molecule has 2 N–H and O–H groups in total. The summed E-state index contributed by atoms with van der Waals surface area (Å²) in [5, 5.41) is 14.8. The fourth-order valence-corrected chi connectivity index (χ4v) is 4.82. The van der Waals surface area contributed by atoms with Gasteiger partial charge in [-0.3, -0.25) is 4.79 Å². The van der Waals surface area contributed by atoms with Crippen LogP contribution in [0.1, 0.15) is 63.1 Å². The van der Waals surface area contributed by atoms with Gasteiger partial charge < -0.3 is 19.3 Å². The summed E-state index contributed by atoms with van der Waals surface area (Å²) in [5.74, 6) is 1.15. The van der Waals surface area contributed by atoms with Gasteiger partial charge in [0.15, 0.2) is 17.8 Å². The Bertz CT molecular complexity index is 1570. The maximum atomic E-state index is 13.2. The lowest BCUT2D eigenvalue weighted by molar-refractivity contribution is -0.120.